The summed E-state index contributed by atoms with van der Waals surface area (Å²) < 4.78 is 3.41. The summed E-state index contributed by atoms with van der Waals surface area (Å²) in [6.07, 6.45) is 3.96. The lowest BCUT2D eigenvalue weighted by Gasteiger charge is -2.33. The van der Waals surface area contributed by atoms with Crippen LogP contribution in [0.15, 0.2) is 15.9 Å². The maximum Gasteiger partial charge on any atom is 0.344 e. The highest BCUT2D eigenvalue weighted by atomic mass is 16.2. The molecule has 2 N–H and O–H groups in total. The maximum atomic E-state index is 12.8. The van der Waals surface area contributed by atoms with Gasteiger partial charge in [0.2, 0.25) is 0 Å². The summed E-state index contributed by atoms with van der Waals surface area (Å²) in [7, 11) is 2.80. The van der Waals surface area contributed by atoms with E-state index >= 15 is 0 Å². The summed E-state index contributed by atoms with van der Waals surface area (Å²) in [5.74, 6) is -0.659. The number of imidazole rings is 1. The zero-order valence-corrected chi connectivity index (χ0v) is 17.0. The molecule has 1 saturated heterocycles. The van der Waals surface area contributed by atoms with Gasteiger partial charge in [-0.05, 0) is 31.6 Å². The Hall–Kier alpha value is -3.44. The van der Waals surface area contributed by atoms with E-state index in [4.69, 9.17) is 0 Å². The van der Waals surface area contributed by atoms with Gasteiger partial charge in [0.15, 0.2) is 11.2 Å². The highest BCUT2D eigenvalue weighted by Gasteiger charge is 2.52. The summed E-state index contributed by atoms with van der Waals surface area (Å²) in [6.45, 7) is 1.74. The average molecular weight is 417 g/mol. The number of hydrogen-bond acceptors (Lipinski definition) is 6. The third kappa shape index (κ3) is 2.90. The number of carbonyl (C=O) groups excluding carboxylic acids is 3. The Balaban J connectivity index is 1.55. The number of fused-ring (bicyclic) bond motifs is 1. The fraction of sp³-hybridized carbons (Fsp3) is 0.556. The van der Waals surface area contributed by atoms with Crippen LogP contribution in [0, 0.1) is 5.92 Å². The molecule has 0 aromatic carbocycles. The summed E-state index contributed by atoms with van der Waals surface area (Å²) in [5, 5.41) is 3.44. The molecule has 3 heterocycles. The van der Waals surface area contributed by atoms with E-state index in [1.807, 2.05) is 0 Å². The molecule has 2 aromatic rings. The fourth-order valence-electron chi connectivity index (χ4n) is 4.15. The minimum Gasteiger partial charge on any atom is -0.322 e. The highest BCUT2D eigenvalue weighted by molar-refractivity contribution is 6.08. The summed E-state index contributed by atoms with van der Waals surface area (Å²) in [4.78, 5) is 66.3. The molecule has 160 valence electrons. The van der Waals surface area contributed by atoms with E-state index in [2.05, 4.69) is 22.7 Å². The summed E-state index contributed by atoms with van der Waals surface area (Å²) in [5.41, 5.74) is 0.452. The SMILES string of the molecule is CC1CCC2(CC1)NC(=O)N(NC(=O)Cn1cnc3c1c(=O)n(C)c(=O)n3C)C2=O. The molecule has 1 aliphatic carbocycles. The Morgan fingerprint density at radius 1 is 1.20 bits per heavy atom. The van der Waals surface area contributed by atoms with Crippen LogP contribution >= 0.6 is 0 Å². The van der Waals surface area contributed by atoms with Crippen LogP contribution in [-0.4, -0.2) is 47.1 Å². The van der Waals surface area contributed by atoms with Gasteiger partial charge in [-0.2, -0.15) is 5.01 Å². The molecular weight excluding hydrogens is 394 g/mol. The van der Waals surface area contributed by atoms with Crippen LogP contribution in [0.4, 0.5) is 4.79 Å². The summed E-state index contributed by atoms with van der Waals surface area (Å²) in [6, 6.07) is -0.670. The van der Waals surface area contributed by atoms with Crippen molar-refractivity contribution in [2.24, 2.45) is 20.0 Å². The lowest BCUT2D eigenvalue weighted by atomic mass is 9.77. The van der Waals surface area contributed by atoms with Crippen LogP contribution in [0.1, 0.15) is 32.6 Å². The number of nitrogens with one attached hydrogen (secondary N) is 2. The molecule has 0 bridgehead atoms. The molecule has 1 aliphatic heterocycles. The van der Waals surface area contributed by atoms with Gasteiger partial charge >= 0.3 is 11.7 Å². The second-order valence-corrected chi connectivity index (χ2v) is 8.12. The normalized spacial score (nSPS) is 24.0. The van der Waals surface area contributed by atoms with Crippen molar-refractivity contribution in [3.8, 4) is 0 Å². The zero-order chi connectivity index (χ0) is 21.8. The number of hydrogen-bond donors (Lipinski definition) is 2. The van der Waals surface area contributed by atoms with Crippen molar-refractivity contribution in [1.29, 1.82) is 0 Å². The van der Waals surface area contributed by atoms with Crippen LogP contribution in [0.3, 0.4) is 0 Å². The van der Waals surface area contributed by atoms with Gasteiger partial charge in [-0.1, -0.05) is 6.92 Å². The first-order valence-corrected chi connectivity index (χ1v) is 9.71. The van der Waals surface area contributed by atoms with Crippen LogP contribution in [0.25, 0.3) is 11.2 Å². The van der Waals surface area contributed by atoms with Crippen molar-refractivity contribution in [1.82, 2.24) is 34.4 Å². The Morgan fingerprint density at radius 3 is 2.53 bits per heavy atom. The van der Waals surface area contributed by atoms with E-state index in [9.17, 15) is 24.0 Å². The Labute approximate surface area is 170 Å². The van der Waals surface area contributed by atoms with E-state index in [1.54, 1.807) is 0 Å². The maximum absolute atomic E-state index is 12.8. The molecule has 12 heteroatoms. The highest BCUT2D eigenvalue weighted by Crippen LogP contribution is 2.35. The Kier molecular flexibility index (Phi) is 4.51. The van der Waals surface area contributed by atoms with Crippen molar-refractivity contribution in [2.75, 3.05) is 0 Å². The van der Waals surface area contributed by atoms with E-state index in [1.165, 1.54) is 29.6 Å². The average Bonchev–Trinajstić information content (AvgIpc) is 3.22. The van der Waals surface area contributed by atoms with E-state index < -0.39 is 34.6 Å². The molecule has 30 heavy (non-hydrogen) atoms. The van der Waals surface area contributed by atoms with Crippen LogP contribution in [0.2, 0.25) is 0 Å². The molecule has 12 nitrogen and oxygen atoms in total. The fourth-order valence-corrected chi connectivity index (χ4v) is 4.15. The molecule has 2 fully saturated rings. The predicted molar refractivity (Wildman–Crippen MR) is 104 cm³/mol. The van der Waals surface area contributed by atoms with Gasteiger partial charge in [0, 0.05) is 14.1 Å². The number of imide groups is 1. The first-order chi connectivity index (χ1) is 14.1. The number of rotatable bonds is 3. The number of carbonyl (C=O) groups is 3. The van der Waals surface area contributed by atoms with Crippen molar-refractivity contribution >= 4 is 29.0 Å². The molecule has 0 radical (unpaired) electrons. The lowest BCUT2D eigenvalue weighted by Crippen LogP contribution is -2.52. The predicted octanol–water partition coefficient (Wildman–Crippen LogP) is -1.03. The molecule has 2 aliphatic rings. The third-order valence-corrected chi connectivity index (χ3v) is 6.06. The molecule has 1 spiro atoms. The second-order valence-electron chi connectivity index (χ2n) is 8.12. The van der Waals surface area contributed by atoms with Crippen molar-refractivity contribution in [3.63, 3.8) is 0 Å². The molecule has 4 rings (SSSR count). The molecule has 4 amide bonds. The lowest BCUT2D eigenvalue weighted by molar-refractivity contribution is -0.140. The first-order valence-electron chi connectivity index (χ1n) is 9.71. The number of urea groups is 1. The standard InChI is InChI=1S/C18H23N7O5/c1-10-4-6-18(7-5-10)15(28)25(16(29)20-18)21-11(26)8-24-9-19-13-12(24)14(27)23(3)17(30)22(13)2/h9-10H,4-8H2,1-3H3,(H,20,29)(H,21,26). The number of aryl methyl sites for hydroxylation is 1. The van der Waals surface area contributed by atoms with Gasteiger partial charge < -0.3 is 9.88 Å². The Morgan fingerprint density at radius 2 is 1.87 bits per heavy atom. The van der Waals surface area contributed by atoms with Gasteiger partial charge in [-0.3, -0.25) is 28.9 Å². The van der Waals surface area contributed by atoms with Crippen LogP contribution in [-0.2, 0) is 30.2 Å². The van der Waals surface area contributed by atoms with Gasteiger partial charge in [0.05, 0.1) is 6.33 Å². The van der Waals surface area contributed by atoms with Crippen LogP contribution in [0.5, 0.6) is 0 Å². The van der Waals surface area contributed by atoms with Crippen LogP contribution < -0.4 is 22.0 Å². The zero-order valence-electron chi connectivity index (χ0n) is 17.0. The molecule has 2 aromatic heterocycles. The smallest absolute Gasteiger partial charge is 0.322 e. The van der Waals surface area contributed by atoms with Crippen molar-refractivity contribution < 1.29 is 14.4 Å². The second kappa shape index (κ2) is 6.82. The van der Waals surface area contributed by atoms with Gasteiger partial charge in [0.25, 0.3) is 17.4 Å². The van der Waals surface area contributed by atoms with Gasteiger partial charge in [-0.15, -0.1) is 0 Å². The minimum atomic E-state index is -0.965. The third-order valence-electron chi connectivity index (χ3n) is 6.06. The van der Waals surface area contributed by atoms with Gasteiger partial charge in [-0.25, -0.2) is 14.6 Å². The van der Waals surface area contributed by atoms with E-state index in [0.717, 1.165) is 17.4 Å². The van der Waals surface area contributed by atoms with Crippen molar-refractivity contribution in [2.45, 2.75) is 44.7 Å². The molecule has 0 unspecified atom stereocenters. The minimum absolute atomic E-state index is 0.0738. The molecule has 1 saturated carbocycles. The van der Waals surface area contributed by atoms with Crippen molar-refractivity contribution in [3.05, 3.63) is 27.2 Å². The van der Waals surface area contributed by atoms with E-state index in [-0.39, 0.29) is 17.7 Å². The van der Waals surface area contributed by atoms with Gasteiger partial charge in [0.1, 0.15) is 12.1 Å². The number of aromatic nitrogens is 4. The quantitative estimate of drug-likeness (QED) is 0.612. The monoisotopic (exact) mass is 417 g/mol. The summed E-state index contributed by atoms with van der Waals surface area (Å²) >= 11 is 0. The number of hydrazine groups is 1. The number of amides is 4. The van der Waals surface area contributed by atoms with E-state index in [0.29, 0.717) is 23.8 Å². The number of nitrogens with zero attached hydrogens (tertiary/aromatic N) is 5. The topological polar surface area (TPSA) is 140 Å². The first kappa shape index (κ1) is 19.9. The molecule has 0 atom stereocenters. The molecular formula is C18H23N7O5. The largest absolute Gasteiger partial charge is 0.344 e. The Bertz CT molecular complexity index is 1180.